The molecule has 3 aliphatic rings. The minimum Gasteiger partial charge on any atom is -0.358 e. The zero-order valence-electron chi connectivity index (χ0n) is 10.5. The number of H-pyrrole nitrogens is 1. The number of fused-ring (bicyclic) bond motifs is 3. The molecule has 1 fully saturated rings. The standard InChI is InChI=1S/C15H16N2O/c1-9(18)11-2-3-13-12(8-11)14-10-4-6-17(7-5-10)15(14)16-13/h2-3,8,10,16H,4-7H2,1H3. The molecule has 3 heteroatoms. The first-order chi connectivity index (χ1) is 8.74. The van der Waals surface area contributed by atoms with E-state index in [4.69, 9.17) is 0 Å². The van der Waals surface area contributed by atoms with Gasteiger partial charge in [0.05, 0.1) is 0 Å². The SMILES string of the molecule is CC(=O)c1ccc2[nH]c3c(c2c1)C1CCN3CC1. The van der Waals surface area contributed by atoms with Crippen LogP contribution in [0.1, 0.15) is 41.6 Å². The Morgan fingerprint density at radius 1 is 1.33 bits per heavy atom. The van der Waals surface area contributed by atoms with E-state index in [0.717, 1.165) is 5.56 Å². The topological polar surface area (TPSA) is 36.1 Å². The number of benzene rings is 1. The second kappa shape index (κ2) is 3.37. The Morgan fingerprint density at radius 2 is 2.11 bits per heavy atom. The van der Waals surface area contributed by atoms with Gasteiger partial charge >= 0.3 is 0 Å². The Labute approximate surface area is 106 Å². The smallest absolute Gasteiger partial charge is 0.159 e. The fraction of sp³-hybridized carbons (Fsp3) is 0.400. The lowest BCUT2D eigenvalue weighted by Gasteiger charge is -2.40. The minimum absolute atomic E-state index is 0.146. The molecule has 92 valence electrons. The van der Waals surface area contributed by atoms with Crippen molar-refractivity contribution >= 4 is 22.5 Å². The molecule has 1 aromatic heterocycles. The van der Waals surface area contributed by atoms with Crippen LogP contribution in [0.4, 0.5) is 5.82 Å². The molecule has 5 rings (SSSR count). The summed E-state index contributed by atoms with van der Waals surface area (Å²) in [6.45, 7) is 3.98. The lowest BCUT2D eigenvalue weighted by Crippen LogP contribution is -2.38. The maximum Gasteiger partial charge on any atom is 0.159 e. The van der Waals surface area contributed by atoms with Crippen LogP contribution >= 0.6 is 0 Å². The molecule has 0 aliphatic carbocycles. The van der Waals surface area contributed by atoms with Gasteiger partial charge < -0.3 is 9.88 Å². The fourth-order valence-electron chi connectivity index (χ4n) is 3.47. The number of nitrogens with one attached hydrogen (secondary N) is 1. The summed E-state index contributed by atoms with van der Waals surface area (Å²) in [5.41, 5.74) is 3.44. The van der Waals surface area contributed by atoms with E-state index >= 15 is 0 Å². The summed E-state index contributed by atoms with van der Waals surface area (Å²) in [5.74, 6) is 2.13. The number of aromatic nitrogens is 1. The summed E-state index contributed by atoms with van der Waals surface area (Å²) in [4.78, 5) is 17.5. The lowest BCUT2D eigenvalue weighted by molar-refractivity contribution is 0.101. The highest BCUT2D eigenvalue weighted by atomic mass is 16.1. The lowest BCUT2D eigenvalue weighted by atomic mass is 9.84. The molecule has 0 saturated carbocycles. The summed E-state index contributed by atoms with van der Waals surface area (Å²) < 4.78 is 0. The third kappa shape index (κ3) is 1.22. The van der Waals surface area contributed by atoms with Gasteiger partial charge in [-0.2, -0.15) is 0 Å². The Kier molecular flexibility index (Phi) is 1.91. The highest BCUT2D eigenvalue weighted by Crippen LogP contribution is 2.45. The molecule has 1 aromatic carbocycles. The number of carbonyl (C=O) groups excluding carboxylic acids is 1. The van der Waals surface area contributed by atoms with Gasteiger partial charge in [-0.05, 0) is 43.9 Å². The van der Waals surface area contributed by atoms with Crippen molar-refractivity contribution in [1.82, 2.24) is 4.98 Å². The van der Waals surface area contributed by atoms with E-state index in [1.807, 2.05) is 12.1 Å². The van der Waals surface area contributed by atoms with Crippen LogP contribution in [0.25, 0.3) is 10.9 Å². The van der Waals surface area contributed by atoms with Crippen molar-refractivity contribution in [3.8, 4) is 0 Å². The van der Waals surface area contributed by atoms with E-state index < -0.39 is 0 Å². The molecule has 0 atom stereocenters. The predicted octanol–water partition coefficient (Wildman–Crippen LogP) is 3.07. The van der Waals surface area contributed by atoms with E-state index in [0.29, 0.717) is 5.92 Å². The highest BCUT2D eigenvalue weighted by molar-refractivity contribution is 6.00. The predicted molar refractivity (Wildman–Crippen MR) is 72.5 cm³/mol. The molecule has 0 radical (unpaired) electrons. The first kappa shape index (κ1) is 10.2. The van der Waals surface area contributed by atoms with Gasteiger partial charge in [0.25, 0.3) is 0 Å². The first-order valence-electron chi connectivity index (χ1n) is 6.65. The Bertz CT molecular complexity index is 648. The van der Waals surface area contributed by atoms with E-state index in [1.165, 1.54) is 48.2 Å². The third-order valence-corrected chi connectivity index (χ3v) is 4.44. The van der Waals surface area contributed by atoms with Crippen LogP contribution < -0.4 is 4.90 Å². The van der Waals surface area contributed by atoms with Crippen molar-refractivity contribution in [2.75, 3.05) is 18.0 Å². The van der Waals surface area contributed by atoms with Crippen molar-refractivity contribution in [2.45, 2.75) is 25.7 Å². The van der Waals surface area contributed by atoms with Crippen molar-refractivity contribution < 1.29 is 4.79 Å². The molecule has 1 saturated heterocycles. The summed E-state index contributed by atoms with van der Waals surface area (Å²) >= 11 is 0. The maximum absolute atomic E-state index is 11.5. The fourth-order valence-corrected chi connectivity index (χ4v) is 3.47. The largest absolute Gasteiger partial charge is 0.358 e. The summed E-state index contributed by atoms with van der Waals surface area (Å²) in [6.07, 6.45) is 2.51. The van der Waals surface area contributed by atoms with Gasteiger partial charge in [0.2, 0.25) is 0 Å². The molecule has 1 N–H and O–H groups in total. The van der Waals surface area contributed by atoms with E-state index in [1.54, 1.807) is 6.92 Å². The van der Waals surface area contributed by atoms with Crippen LogP contribution in [0.15, 0.2) is 18.2 Å². The highest BCUT2D eigenvalue weighted by Gasteiger charge is 2.33. The zero-order valence-corrected chi connectivity index (χ0v) is 10.5. The molecule has 3 nitrogen and oxygen atoms in total. The number of rotatable bonds is 1. The number of hydrogen-bond acceptors (Lipinski definition) is 2. The first-order valence-corrected chi connectivity index (χ1v) is 6.65. The monoisotopic (exact) mass is 240 g/mol. The number of ketones is 1. The number of carbonyl (C=O) groups is 1. The maximum atomic E-state index is 11.5. The third-order valence-electron chi connectivity index (χ3n) is 4.44. The quantitative estimate of drug-likeness (QED) is 0.778. The second-order valence-electron chi connectivity index (χ2n) is 5.47. The average molecular weight is 240 g/mol. The van der Waals surface area contributed by atoms with Crippen molar-refractivity contribution in [3.05, 3.63) is 29.3 Å². The zero-order chi connectivity index (χ0) is 12.3. The number of piperidine rings is 1. The molecule has 4 heterocycles. The number of hydrogen-bond donors (Lipinski definition) is 1. The van der Waals surface area contributed by atoms with Crippen LogP contribution in [0, 0.1) is 0 Å². The van der Waals surface area contributed by atoms with Crippen LogP contribution in [0.3, 0.4) is 0 Å². The minimum atomic E-state index is 0.146. The average Bonchev–Trinajstić information content (AvgIpc) is 2.80. The molecule has 2 aromatic rings. The molecular formula is C15H16N2O. The van der Waals surface area contributed by atoms with Crippen LogP contribution in [0.5, 0.6) is 0 Å². The Morgan fingerprint density at radius 3 is 2.83 bits per heavy atom. The Balaban J connectivity index is 2.01. The summed E-state index contributed by atoms with van der Waals surface area (Å²) in [7, 11) is 0. The van der Waals surface area contributed by atoms with Gasteiger partial charge in [0, 0.05) is 35.1 Å². The molecule has 2 bridgehead atoms. The molecule has 3 aliphatic heterocycles. The normalized spacial score (nSPS) is 18.4. The number of nitrogens with zero attached hydrogens (tertiary/aromatic N) is 1. The van der Waals surface area contributed by atoms with Crippen LogP contribution in [0.2, 0.25) is 0 Å². The molecule has 0 amide bonds. The van der Waals surface area contributed by atoms with Crippen molar-refractivity contribution in [1.29, 1.82) is 0 Å². The number of aromatic amines is 1. The van der Waals surface area contributed by atoms with Gasteiger partial charge in [0.15, 0.2) is 5.78 Å². The molecule has 0 unspecified atom stereocenters. The molecule has 18 heavy (non-hydrogen) atoms. The van der Waals surface area contributed by atoms with Gasteiger partial charge in [-0.25, -0.2) is 0 Å². The second-order valence-corrected chi connectivity index (χ2v) is 5.47. The van der Waals surface area contributed by atoms with E-state index in [-0.39, 0.29) is 5.78 Å². The van der Waals surface area contributed by atoms with Gasteiger partial charge in [-0.3, -0.25) is 4.79 Å². The van der Waals surface area contributed by atoms with Gasteiger partial charge in [-0.15, -0.1) is 0 Å². The Hall–Kier alpha value is -1.77. The van der Waals surface area contributed by atoms with Crippen LogP contribution in [-0.2, 0) is 0 Å². The van der Waals surface area contributed by atoms with Gasteiger partial charge in [0.1, 0.15) is 5.82 Å². The summed E-state index contributed by atoms with van der Waals surface area (Å²) in [6, 6.07) is 6.03. The van der Waals surface area contributed by atoms with Crippen molar-refractivity contribution in [2.24, 2.45) is 0 Å². The van der Waals surface area contributed by atoms with E-state index in [9.17, 15) is 4.79 Å². The number of anilines is 1. The van der Waals surface area contributed by atoms with Crippen molar-refractivity contribution in [3.63, 3.8) is 0 Å². The molecular weight excluding hydrogens is 224 g/mol. The van der Waals surface area contributed by atoms with Gasteiger partial charge in [-0.1, -0.05) is 0 Å². The van der Waals surface area contributed by atoms with E-state index in [2.05, 4.69) is 16.0 Å². The van der Waals surface area contributed by atoms with Crippen LogP contribution in [-0.4, -0.2) is 23.9 Å². The summed E-state index contributed by atoms with van der Waals surface area (Å²) in [5, 5.41) is 1.26. The molecule has 0 spiro atoms. The number of Topliss-reactive ketones (excluding diaryl/α,β-unsaturated/α-hetero) is 1.